The molecule has 0 heterocycles. The van der Waals surface area contributed by atoms with E-state index in [-0.39, 0.29) is 12.1 Å². The molecule has 0 unspecified atom stereocenters. The van der Waals surface area contributed by atoms with E-state index in [1.54, 1.807) is 19.0 Å². The summed E-state index contributed by atoms with van der Waals surface area (Å²) in [5, 5.41) is 8.84. The summed E-state index contributed by atoms with van der Waals surface area (Å²) >= 11 is 0. The molecule has 0 radical (unpaired) electrons. The van der Waals surface area contributed by atoms with E-state index in [9.17, 15) is 18.4 Å². The normalized spacial score (nSPS) is 10.8. The molecule has 1 rings (SSSR count). The van der Waals surface area contributed by atoms with Gasteiger partial charge in [-0.3, -0.25) is 9.59 Å². The molecule has 116 valence electrons. The molecule has 0 aliphatic heterocycles. The van der Waals surface area contributed by atoms with Crippen LogP contribution >= 0.6 is 0 Å². The van der Waals surface area contributed by atoms with E-state index in [1.165, 1.54) is 13.0 Å². The van der Waals surface area contributed by atoms with Gasteiger partial charge in [-0.2, -0.15) is 0 Å². The number of carbonyl (C=O) groups excluding carboxylic acids is 1. The van der Waals surface area contributed by atoms with E-state index in [1.807, 2.05) is 0 Å². The van der Waals surface area contributed by atoms with Gasteiger partial charge in [-0.1, -0.05) is 6.07 Å². The fourth-order valence-corrected chi connectivity index (χ4v) is 1.75. The van der Waals surface area contributed by atoms with Gasteiger partial charge in [0.15, 0.2) is 0 Å². The Hall–Kier alpha value is -2.02. The molecule has 21 heavy (non-hydrogen) atoms. The molecule has 0 spiro atoms. The minimum atomic E-state index is -1.24. The Morgan fingerprint density at radius 2 is 1.81 bits per heavy atom. The molecule has 0 aromatic heterocycles. The van der Waals surface area contributed by atoms with Crippen molar-refractivity contribution in [3.8, 4) is 0 Å². The van der Waals surface area contributed by atoms with Gasteiger partial charge in [0, 0.05) is 13.1 Å². The number of aliphatic carboxylic acids is 1. The number of hydrogen-bond acceptors (Lipinski definition) is 3. The van der Waals surface area contributed by atoms with E-state index in [0.29, 0.717) is 6.54 Å². The lowest BCUT2D eigenvalue weighted by molar-refractivity contribution is -0.137. The molecular weight excluding hydrogens is 282 g/mol. The molecule has 0 fully saturated rings. The van der Waals surface area contributed by atoms with Crippen LogP contribution in [0.1, 0.15) is 15.9 Å². The second-order valence-corrected chi connectivity index (χ2v) is 4.98. The van der Waals surface area contributed by atoms with Crippen molar-refractivity contribution < 1.29 is 23.5 Å². The first-order valence-electron chi connectivity index (χ1n) is 6.34. The second-order valence-electron chi connectivity index (χ2n) is 4.98. The Kier molecular flexibility index (Phi) is 5.78. The molecule has 0 atom stereocenters. The van der Waals surface area contributed by atoms with Gasteiger partial charge in [-0.05, 0) is 32.6 Å². The van der Waals surface area contributed by atoms with Gasteiger partial charge in [0.2, 0.25) is 0 Å². The fraction of sp³-hybridized carbons (Fsp3) is 0.429. The van der Waals surface area contributed by atoms with Crippen molar-refractivity contribution in [2.75, 3.05) is 33.7 Å². The Balaban J connectivity index is 3.10. The minimum Gasteiger partial charge on any atom is -0.480 e. The number of halogens is 2. The lowest BCUT2D eigenvalue weighted by Crippen LogP contribution is -2.40. The lowest BCUT2D eigenvalue weighted by Gasteiger charge is -2.23. The lowest BCUT2D eigenvalue weighted by atomic mass is 10.1. The summed E-state index contributed by atoms with van der Waals surface area (Å²) < 4.78 is 27.7. The summed E-state index contributed by atoms with van der Waals surface area (Å²) in [6.45, 7) is 1.24. The molecule has 1 aromatic carbocycles. The minimum absolute atomic E-state index is 0.0605. The van der Waals surface area contributed by atoms with Crippen LogP contribution in [-0.4, -0.2) is 60.5 Å². The number of nitrogens with zero attached hydrogens (tertiary/aromatic N) is 2. The highest BCUT2D eigenvalue weighted by molar-refractivity contribution is 5.96. The molecule has 1 N–H and O–H groups in total. The first-order valence-corrected chi connectivity index (χ1v) is 6.34. The van der Waals surface area contributed by atoms with Crippen LogP contribution in [0.3, 0.4) is 0 Å². The first kappa shape index (κ1) is 17.0. The Morgan fingerprint density at radius 1 is 1.19 bits per heavy atom. The smallest absolute Gasteiger partial charge is 0.323 e. The van der Waals surface area contributed by atoms with E-state index in [4.69, 9.17) is 5.11 Å². The van der Waals surface area contributed by atoms with Crippen LogP contribution in [-0.2, 0) is 4.79 Å². The van der Waals surface area contributed by atoms with Crippen molar-refractivity contribution in [2.24, 2.45) is 0 Å². The van der Waals surface area contributed by atoms with Crippen LogP contribution in [0.2, 0.25) is 0 Å². The average molecular weight is 300 g/mol. The maximum Gasteiger partial charge on any atom is 0.323 e. The van der Waals surface area contributed by atoms with E-state index in [0.717, 1.165) is 11.0 Å². The van der Waals surface area contributed by atoms with Gasteiger partial charge in [0.1, 0.15) is 23.7 Å². The number of benzene rings is 1. The number of hydrogen-bond donors (Lipinski definition) is 1. The monoisotopic (exact) mass is 300 g/mol. The molecule has 5 nitrogen and oxygen atoms in total. The van der Waals surface area contributed by atoms with Gasteiger partial charge in [0.05, 0.1) is 0 Å². The van der Waals surface area contributed by atoms with Crippen molar-refractivity contribution in [3.63, 3.8) is 0 Å². The highest BCUT2D eigenvalue weighted by Gasteiger charge is 2.25. The summed E-state index contributed by atoms with van der Waals surface area (Å²) in [6.07, 6.45) is 0. The Morgan fingerprint density at radius 3 is 2.33 bits per heavy atom. The fourth-order valence-electron chi connectivity index (χ4n) is 1.75. The third-order valence-corrected chi connectivity index (χ3v) is 2.93. The van der Waals surface area contributed by atoms with Crippen molar-refractivity contribution in [1.29, 1.82) is 0 Å². The summed E-state index contributed by atoms with van der Waals surface area (Å²) in [4.78, 5) is 25.7. The SMILES string of the molecule is Cc1ccc(F)c(C(=O)N(CCN(C)C)CC(=O)O)c1F. The van der Waals surface area contributed by atoms with Crippen LogP contribution in [0.5, 0.6) is 0 Å². The van der Waals surface area contributed by atoms with E-state index in [2.05, 4.69) is 0 Å². The summed E-state index contributed by atoms with van der Waals surface area (Å²) in [5.74, 6) is -4.16. The molecule has 0 bridgehead atoms. The van der Waals surface area contributed by atoms with Crippen LogP contribution in [0.4, 0.5) is 8.78 Å². The Labute approximate surface area is 121 Å². The van der Waals surface area contributed by atoms with E-state index < -0.39 is 35.6 Å². The number of amides is 1. The summed E-state index contributed by atoms with van der Waals surface area (Å²) in [7, 11) is 3.49. The topological polar surface area (TPSA) is 60.9 Å². The van der Waals surface area contributed by atoms with Crippen LogP contribution in [0, 0.1) is 18.6 Å². The quantitative estimate of drug-likeness (QED) is 0.862. The van der Waals surface area contributed by atoms with Crippen LogP contribution in [0.15, 0.2) is 12.1 Å². The average Bonchev–Trinajstić information content (AvgIpc) is 2.38. The largest absolute Gasteiger partial charge is 0.480 e. The molecule has 7 heteroatoms. The molecular formula is C14H18F2N2O3. The maximum absolute atomic E-state index is 14.0. The van der Waals surface area contributed by atoms with Crippen LogP contribution in [0.25, 0.3) is 0 Å². The zero-order valence-electron chi connectivity index (χ0n) is 12.2. The summed E-state index contributed by atoms with van der Waals surface area (Å²) in [5.41, 5.74) is -0.586. The number of carbonyl (C=O) groups is 2. The van der Waals surface area contributed by atoms with Gasteiger partial charge in [-0.15, -0.1) is 0 Å². The zero-order chi connectivity index (χ0) is 16.2. The first-order chi connectivity index (χ1) is 9.73. The number of likely N-dealkylation sites (N-methyl/N-ethyl adjacent to an activating group) is 1. The van der Waals surface area contributed by atoms with Crippen molar-refractivity contribution in [3.05, 3.63) is 34.9 Å². The van der Waals surface area contributed by atoms with Crippen molar-refractivity contribution in [1.82, 2.24) is 9.80 Å². The molecule has 1 aromatic rings. The second kappa shape index (κ2) is 7.12. The highest BCUT2D eigenvalue weighted by Crippen LogP contribution is 2.18. The zero-order valence-corrected chi connectivity index (χ0v) is 12.2. The maximum atomic E-state index is 14.0. The predicted molar refractivity (Wildman–Crippen MR) is 73.2 cm³/mol. The Bertz CT molecular complexity index is 547. The molecule has 0 saturated heterocycles. The number of carboxylic acids is 1. The summed E-state index contributed by atoms with van der Waals surface area (Å²) in [6, 6.07) is 2.22. The van der Waals surface area contributed by atoms with Gasteiger partial charge in [0.25, 0.3) is 5.91 Å². The number of aryl methyl sites for hydroxylation is 1. The predicted octanol–water partition coefficient (Wildman–Crippen LogP) is 1.36. The van der Waals surface area contributed by atoms with Gasteiger partial charge in [-0.25, -0.2) is 8.78 Å². The van der Waals surface area contributed by atoms with Crippen molar-refractivity contribution in [2.45, 2.75) is 6.92 Å². The van der Waals surface area contributed by atoms with E-state index >= 15 is 0 Å². The molecule has 0 aliphatic carbocycles. The number of rotatable bonds is 6. The van der Waals surface area contributed by atoms with Gasteiger partial charge >= 0.3 is 5.97 Å². The molecule has 0 saturated carbocycles. The van der Waals surface area contributed by atoms with Crippen LogP contribution < -0.4 is 0 Å². The third-order valence-electron chi connectivity index (χ3n) is 2.93. The molecule has 0 aliphatic rings. The molecule has 1 amide bonds. The van der Waals surface area contributed by atoms with Crippen molar-refractivity contribution >= 4 is 11.9 Å². The van der Waals surface area contributed by atoms with Gasteiger partial charge < -0.3 is 14.9 Å². The third kappa shape index (κ3) is 4.49. The standard InChI is InChI=1S/C14H18F2N2O3/c1-9-4-5-10(15)12(13(9)16)14(21)18(8-11(19)20)7-6-17(2)3/h4-5H,6-8H2,1-3H3,(H,19,20). The highest BCUT2D eigenvalue weighted by atomic mass is 19.1. The number of carboxylic acid groups (broad SMARTS) is 1.